The van der Waals surface area contributed by atoms with E-state index in [0.717, 1.165) is 35.2 Å². The van der Waals surface area contributed by atoms with E-state index >= 15 is 0 Å². The average Bonchev–Trinajstić information content (AvgIpc) is 2.41. The molecule has 1 aromatic carbocycles. The predicted octanol–water partition coefficient (Wildman–Crippen LogP) is 3.42. The Kier molecular flexibility index (Phi) is 5.03. The summed E-state index contributed by atoms with van der Waals surface area (Å²) >= 11 is 3.49. The lowest BCUT2D eigenvalue weighted by Gasteiger charge is -2.29. The molecule has 1 saturated heterocycles. The average molecular weight is 314 g/mol. The Morgan fingerprint density at radius 2 is 2.33 bits per heavy atom. The van der Waals surface area contributed by atoms with Crippen molar-refractivity contribution in [3.8, 4) is 5.75 Å². The second-order valence-corrected chi connectivity index (χ2v) is 5.46. The zero-order valence-electron chi connectivity index (χ0n) is 10.7. The predicted molar refractivity (Wildman–Crippen MR) is 75.8 cm³/mol. The maximum absolute atomic E-state index is 6.34. The van der Waals surface area contributed by atoms with Gasteiger partial charge in [-0.15, -0.1) is 0 Å². The van der Waals surface area contributed by atoms with Crippen molar-refractivity contribution in [2.75, 3.05) is 13.2 Å². The third-order valence-electron chi connectivity index (χ3n) is 3.25. The molecule has 4 heteroatoms. The van der Waals surface area contributed by atoms with Gasteiger partial charge in [0.2, 0.25) is 0 Å². The summed E-state index contributed by atoms with van der Waals surface area (Å²) in [5, 5.41) is 0. The van der Waals surface area contributed by atoms with Crippen LogP contribution >= 0.6 is 15.9 Å². The standard InChI is InChI=1S/C14H20BrNO2/c1-2-17-12-7-6-10(15)9-11(12)14(16)13-5-3-4-8-18-13/h6-7,9,13-14H,2-5,8,16H2,1H3. The Morgan fingerprint density at radius 1 is 1.50 bits per heavy atom. The highest BCUT2D eigenvalue weighted by Crippen LogP contribution is 2.32. The van der Waals surface area contributed by atoms with Crippen molar-refractivity contribution >= 4 is 15.9 Å². The van der Waals surface area contributed by atoms with E-state index in [2.05, 4.69) is 15.9 Å². The van der Waals surface area contributed by atoms with Gasteiger partial charge < -0.3 is 15.2 Å². The van der Waals surface area contributed by atoms with Gasteiger partial charge in [0.1, 0.15) is 5.75 Å². The van der Waals surface area contributed by atoms with Crippen LogP contribution in [0.25, 0.3) is 0 Å². The molecule has 3 nitrogen and oxygen atoms in total. The van der Waals surface area contributed by atoms with Gasteiger partial charge in [-0.1, -0.05) is 15.9 Å². The first-order valence-electron chi connectivity index (χ1n) is 6.51. The number of halogens is 1. The fourth-order valence-corrected chi connectivity index (χ4v) is 2.69. The Hall–Kier alpha value is -0.580. The highest BCUT2D eigenvalue weighted by atomic mass is 79.9. The van der Waals surface area contributed by atoms with E-state index in [-0.39, 0.29) is 12.1 Å². The van der Waals surface area contributed by atoms with E-state index in [1.807, 2.05) is 25.1 Å². The van der Waals surface area contributed by atoms with Crippen LogP contribution in [-0.2, 0) is 4.74 Å². The van der Waals surface area contributed by atoms with Crippen LogP contribution in [0, 0.1) is 0 Å². The van der Waals surface area contributed by atoms with E-state index < -0.39 is 0 Å². The van der Waals surface area contributed by atoms with Crippen molar-refractivity contribution in [3.05, 3.63) is 28.2 Å². The van der Waals surface area contributed by atoms with E-state index in [1.165, 1.54) is 6.42 Å². The van der Waals surface area contributed by atoms with Crippen LogP contribution in [0.2, 0.25) is 0 Å². The van der Waals surface area contributed by atoms with Crippen molar-refractivity contribution in [3.63, 3.8) is 0 Å². The van der Waals surface area contributed by atoms with Crippen LogP contribution < -0.4 is 10.5 Å². The first-order valence-corrected chi connectivity index (χ1v) is 7.31. The summed E-state index contributed by atoms with van der Waals surface area (Å²) in [6.45, 7) is 3.44. The lowest BCUT2D eigenvalue weighted by atomic mass is 9.96. The van der Waals surface area contributed by atoms with Crippen molar-refractivity contribution in [1.82, 2.24) is 0 Å². The summed E-state index contributed by atoms with van der Waals surface area (Å²) in [5.74, 6) is 0.863. The molecule has 1 aliphatic heterocycles. The monoisotopic (exact) mass is 313 g/mol. The van der Waals surface area contributed by atoms with Gasteiger partial charge in [-0.2, -0.15) is 0 Å². The van der Waals surface area contributed by atoms with Gasteiger partial charge in [-0.3, -0.25) is 0 Å². The topological polar surface area (TPSA) is 44.5 Å². The molecule has 2 atom stereocenters. The van der Waals surface area contributed by atoms with Crippen LogP contribution in [0.4, 0.5) is 0 Å². The van der Waals surface area contributed by atoms with Gasteiger partial charge >= 0.3 is 0 Å². The Bertz CT molecular complexity index is 391. The molecule has 1 aromatic rings. The molecule has 0 aliphatic carbocycles. The lowest BCUT2D eigenvalue weighted by Crippen LogP contribution is -2.32. The summed E-state index contributed by atoms with van der Waals surface area (Å²) in [7, 11) is 0. The van der Waals surface area contributed by atoms with E-state index in [1.54, 1.807) is 0 Å². The quantitative estimate of drug-likeness (QED) is 0.926. The molecule has 1 heterocycles. The van der Waals surface area contributed by atoms with Crippen molar-refractivity contribution < 1.29 is 9.47 Å². The zero-order chi connectivity index (χ0) is 13.0. The maximum Gasteiger partial charge on any atom is 0.124 e. The maximum atomic E-state index is 6.34. The molecule has 2 rings (SSSR count). The number of hydrogen-bond donors (Lipinski definition) is 1. The minimum Gasteiger partial charge on any atom is -0.494 e. The van der Waals surface area contributed by atoms with Crippen LogP contribution in [0.5, 0.6) is 5.75 Å². The van der Waals surface area contributed by atoms with Crippen LogP contribution in [0.15, 0.2) is 22.7 Å². The summed E-state index contributed by atoms with van der Waals surface area (Å²) in [4.78, 5) is 0. The third-order valence-corrected chi connectivity index (χ3v) is 3.74. The Labute approximate surface area is 117 Å². The first kappa shape index (κ1) is 13.8. The summed E-state index contributed by atoms with van der Waals surface area (Å²) in [6, 6.07) is 5.85. The number of ether oxygens (including phenoxy) is 2. The number of benzene rings is 1. The molecular weight excluding hydrogens is 294 g/mol. The molecule has 2 unspecified atom stereocenters. The molecule has 0 bridgehead atoms. The van der Waals surface area contributed by atoms with E-state index in [0.29, 0.717) is 6.61 Å². The van der Waals surface area contributed by atoms with Crippen molar-refractivity contribution in [2.24, 2.45) is 5.73 Å². The summed E-state index contributed by atoms with van der Waals surface area (Å²) in [5.41, 5.74) is 7.37. The van der Waals surface area contributed by atoms with Crippen LogP contribution in [-0.4, -0.2) is 19.3 Å². The molecule has 2 N–H and O–H groups in total. The zero-order valence-corrected chi connectivity index (χ0v) is 12.3. The molecule has 0 saturated carbocycles. The third kappa shape index (κ3) is 3.25. The molecule has 0 spiro atoms. The van der Waals surface area contributed by atoms with Crippen molar-refractivity contribution in [2.45, 2.75) is 38.3 Å². The van der Waals surface area contributed by atoms with Gasteiger partial charge in [-0.05, 0) is 44.4 Å². The lowest BCUT2D eigenvalue weighted by molar-refractivity contribution is -0.000473. The molecular formula is C14H20BrNO2. The number of hydrogen-bond acceptors (Lipinski definition) is 3. The highest BCUT2D eigenvalue weighted by Gasteiger charge is 2.25. The minimum atomic E-state index is -0.121. The molecule has 1 aliphatic rings. The minimum absolute atomic E-state index is 0.104. The largest absolute Gasteiger partial charge is 0.494 e. The Morgan fingerprint density at radius 3 is 3.00 bits per heavy atom. The van der Waals surface area contributed by atoms with Gasteiger partial charge in [0.05, 0.1) is 18.8 Å². The number of nitrogens with two attached hydrogens (primary N) is 1. The molecule has 1 fully saturated rings. The fraction of sp³-hybridized carbons (Fsp3) is 0.571. The van der Waals surface area contributed by atoms with Crippen molar-refractivity contribution in [1.29, 1.82) is 0 Å². The second-order valence-electron chi connectivity index (χ2n) is 4.55. The number of rotatable bonds is 4. The molecule has 18 heavy (non-hydrogen) atoms. The second kappa shape index (κ2) is 6.55. The highest BCUT2D eigenvalue weighted by molar-refractivity contribution is 9.10. The normalized spacial score (nSPS) is 21.6. The molecule has 100 valence electrons. The fourth-order valence-electron chi connectivity index (χ4n) is 2.32. The van der Waals surface area contributed by atoms with Gasteiger partial charge in [0, 0.05) is 16.6 Å². The van der Waals surface area contributed by atoms with Crippen LogP contribution in [0.3, 0.4) is 0 Å². The smallest absolute Gasteiger partial charge is 0.124 e. The van der Waals surface area contributed by atoms with Gasteiger partial charge in [0.25, 0.3) is 0 Å². The molecule has 0 amide bonds. The Balaban J connectivity index is 2.21. The summed E-state index contributed by atoms with van der Waals surface area (Å²) in [6.07, 6.45) is 3.46. The molecule has 0 radical (unpaired) electrons. The van der Waals surface area contributed by atoms with E-state index in [4.69, 9.17) is 15.2 Å². The van der Waals surface area contributed by atoms with E-state index in [9.17, 15) is 0 Å². The SMILES string of the molecule is CCOc1ccc(Br)cc1C(N)C1CCCCO1. The van der Waals surface area contributed by atoms with Gasteiger partial charge in [0.15, 0.2) is 0 Å². The van der Waals surface area contributed by atoms with Gasteiger partial charge in [-0.25, -0.2) is 0 Å². The summed E-state index contributed by atoms with van der Waals surface area (Å²) < 4.78 is 12.4. The molecule has 0 aromatic heterocycles. The van der Waals surface area contributed by atoms with Crippen LogP contribution in [0.1, 0.15) is 37.8 Å². The first-order chi connectivity index (χ1) is 8.72.